The van der Waals surface area contributed by atoms with Crippen LogP contribution in [0.3, 0.4) is 0 Å². The van der Waals surface area contributed by atoms with Gasteiger partial charge in [-0.2, -0.15) is 0 Å². The average molecular weight is 283 g/mol. The van der Waals surface area contributed by atoms with Crippen LogP contribution < -0.4 is 10.5 Å². The van der Waals surface area contributed by atoms with E-state index in [9.17, 15) is 0 Å². The second kappa shape index (κ2) is 5.65. The third-order valence-corrected chi connectivity index (χ3v) is 4.46. The van der Waals surface area contributed by atoms with Gasteiger partial charge in [0.15, 0.2) is 0 Å². The number of benzene rings is 2. The lowest BCUT2D eigenvalue weighted by atomic mass is 10.1. The molecule has 0 aliphatic carbocycles. The summed E-state index contributed by atoms with van der Waals surface area (Å²) in [6.07, 6.45) is 0. The van der Waals surface area contributed by atoms with E-state index in [0.717, 1.165) is 11.3 Å². The molecule has 3 rings (SSSR count). The lowest BCUT2D eigenvalue weighted by molar-refractivity contribution is 0.308. The standard InChI is InChI=1S/C17H17NOS/c1-12-5-2-3-7-16(12)19-11-14-9-15-13(10-18)6-4-8-17(15)20-14/h2-9H,10-11,18H2,1H3. The number of rotatable bonds is 4. The van der Waals surface area contributed by atoms with Crippen LogP contribution in [0.5, 0.6) is 5.75 Å². The molecule has 0 aliphatic rings. The van der Waals surface area contributed by atoms with E-state index in [-0.39, 0.29) is 0 Å². The molecule has 2 nitrogen and oxygen atoms in total. The first-order chi connectivity index (χ1) is 9.78. The minimum Gasteiger partial charge on any atom is -0.488 e. The van der Waals surface area contributed by atoms with Crippen molar-refractivity contribution in [2.24, 2.45) is 5.73 Å². The monoisotopic (exact) mass is 283 g/mol. The van der Waals surface area contributed by atoms with Gasteiger partial charge in [0.25, 0.3) is 0 Å². The Hall–Kier alpha value is -1.84. The molecule has 0 fully saturated rings. The topological polar surface area (TPSA) is 35.2 Å². The van der Waals surface area contributed by atoms with Crippen molar-refractivity contribution in [3.05, 3.63) is 64.5 Å². The summed E-state index contributed by atoms with van der Waals surface area (Å²) in [5.41, 5.74) is 8.14. The Morgan fingerprint density at radius 1 is 1.10 bits per heavy atom. The number of aryl methyl sites for hydroxylation is 1. The van der Waals surface area contributed by atoms with Gasteiger partial charge in [-0.25, -0.2) is 0 Å². The minimum absolute atomic E-state index is 0.576. The van der Waals surface area contributed by atoms with Crippen LogP contribution in [0.1, 0.15) is 16.0 Å². The van der Waals surface area contributed by atoms with Gasteiger partial charge in [-0.15, -0.1) is 11.3 Å². The van der Waals surface area contributed by atoms with Gasteiger partial charge in [0.1, 0.15) is 12.4 Å². The summed E-state index contributed by atoms with van der Waals surface area (Å²) in [7, 11) is 0. The van der Waals surface area contributed by atoms with E-state index in [4.69, 9.17) is 10.5 Å². The molecule has 20 heavy (non-hydrogen) atoms. The molecular weight excluding hydrogens is 266 g/mol. The Morgan fingerprint density at radius 2 is 1.95 bits per heavy atom. The predicted molar refractivity (Wildman–Crippen MR) is 85.2 cm³/mol. The largest absolute Gasteiger partial charge is 0.488 e. The molecule has 0 aliphatic heterocycles. The highest BCUT2D eigenvalue weighted by atomic mass is 32.1. The van der Waals surface area contributed by atoms with E-state index in [0.29, 0.717) is 13.2 Å². The summed E-state index contributed by atoms with van der Waals surface area (Å²) in [6, 6.07) is 16.6. The fourth-order valence-electron chi connectivity index (χ4n) is 2.29. The van der Waals surface area contributed by atoms with Crippen molar-refractivity contribution in [2.45, 2.75) is 20.1 Å². The summed E-state index contributed by atoms with van der Waals surface area (Å²) in [4.78, 5) is 1.23. The molecule has 3 aromatic rings. The average Bonchev–Trinajstić information content (AvgIpc) is 2.89. The first kappa shape index (κ1) is 13.2. The SMILES string of the molecule is Cc1ccccc1OCc1cc2c(CN)cccc2s1. The number of fused-ring (bicyclic) bond motifs is 1. The van der Waals surface area contributed by atoms with Crippen molar-refractivity contribution in [2.75, 3.05) is 0 Å². The highest BCUT2D eigenvalue weighted by Crippen LogP contribution is 2.29. The predicted octanol–water partition coefficient (Wildman–Crippen LogP) is 4.25. The summed E-state index contributed by atoms with van der Waals surface area (Å²) in [5.74, 6) is 0.948. The third-order valence-electron chi connectivity index (χ3n) is 3.39. The Kier molecular flexibility index (Phi) is 3.72. The lowest BCUT2D eigenvalue weighted by Crippen LogP contribution is -1.96. The molecule has 2 aromatic carbocycles. The van der Waals surface area contributed by atoms with Crippen molar-refractivity contribution in [1.29, 1.82) is 0 Å². The van der Waals surface area contributed by atoms with E-state index < -0.39 is 0 Å². The molecule has 0 atom stereocenters. The number of nitrogens with two attached hydrogens (primary N) is 1. The van der Waals surface area contributed by atoms with E-state index in [1.54, 1.807) is 11.3 Å². The molecule has 3 heteroatoms. The molecule has 0 spiro atoms. The summed E-state index contributed by atoms with van der Waals surface area (Å²) in [6.45, 7) is 3.24. The third kappa shape index (κ3) is 2.55. The first-order valence-corrected chi connectivity index (χ1v) is 7.48. The molecule has 102 valence electrons. The van der Waals surface area contributed by atoms with Gasteiger partial charge in [-0.3, -0.25) is 0 Å². The Morgan fingerprint density at radius 3 is 2.75 bits per heavy atom. The molecule has 1 aromatic heterocycles. The van der Waals surface area contributed by atoms with Crippen LogP contribution in [0.15, 0.2) is 48.5 Å². The fourth-order valence-corrected chi connectivity index (χ4v) is 3.31. The second-order valence-corrected chi connectivity index (χ2v) is 5.97. The van der Waals surface area contributed by atoms with Gasteiger partial charge < -0.3 is 10.5 Å². The van der Waals surface area contributed by atoms with Crippen LogP contribution in [0.4, 0.5) is 0 Å². The Bertz CT molecular complexity index is 733. The van der Waals surface area contributed by atoms with Gasteiger partial charge in [-0.05, 0) is 41.6 Å². The lowest BCUT2D eigenvalue weighted by Gasteiger charge is -2.06. The Balaban J connectivity index is 1.83. The van der Waals surface area contributed by atoms with Crippen molar-refractivity contribution in [3.63, 3.8) is 0 Å². The quantitative estimate of drug-likeness (QED) is 0.777. The normalized spacial score (nSPS) is 10.9. The molecule has 0 saturated heterocycles. The highest BCUT2D eigenvalue weighted by molar-refractivity contribution is 7.19. The molecule has 1 heterocycles. The maximum atomic E-state index is 5.91. The number of hydrogen-bond acceptors (Lipinski definition) is 3. The fraction of sp³-hybridized carbons (Fsp3) is 0.176. The summed E-state index contributed by atoms with van der Waals surface area (Å²) in [5, 5.41) is 1.25. The molecule has 0 bridgehead atoms. The summed E-state index contributed by atoms with van der Waals surface area (Å²) >= 11 is 1.77. The van der Waals surface area contributed by atoms with E-state index in [2.05, 4.69) is 37.3 Å². The molecular formula is C17H17NOS. The van der Waals surface area contributed by atoms with Gasteiger partial charge in [0, 0.05) is 16.1 Å². The van der Waals surface area contributed by atoms with Gasteiger partial charge in [-0.1, -0.05) is 30.3 Å². The van der Waals surface area contributed by atoms with Crippen LogP contribution in [0.25, 0.3) is 10.1 Å². The maximum Gasteiger partial charge on any atom is 0.122 e. The second-order valence-electron chi connectivity index (χ2n) is 4.80. The summed E-state index contributed by atoms with van der Waals surface area (Å²) < 4.78 is 7.18. The minimum atomic E-state index is 0.576. The molecule has 0 radical (unpaired) electrons. The number of ether oxygens (including phenoxy) is 1. The van der Waals surface area contributed by atoms with Crippen LogP contribution >= 0.6 is 11.3 Å². The number of para-hydroxylation sites is 1. The van der Waals surface area contributed by atoms with Crippen molar-refractivity contribution >= 4 is 21.4 Å². The van der Waals surface area contributed by atoms with Crippen LogP contribution in [-0.2, 0) is 13.2 Å². The highest BCUT2D eigenvalue weighted by Gasteiger charge is 2.06. The van der Waals surface area contributed by atoms with Gasteiger partial charge in [0.05, 0.1) is 0 Å². The van der Waals surface area contributed by atoms with Gasteiger partial charge in [0.2, 0.25) is 0 Å². The van der Waals surface area contributed by atoms with E-state index >= 15 is 0 Å². The molecule has 0 amide bonds. The smallest absolute Gasteiger partial charge is 0.122 e. The molecule has 0 saturated carbocycles. The van der Waals surface area contributed by atoms with Crippen LogP contribution in [-0.4, -0.2) is 0 Å². The number of hydrogen-bond donors (Lipinski definition) is 1. The Labute approximate surface area is 122 Å². The zero-order valence-electron chi connectivity index (χ0n) is 11.4. The van der Waals surface area contributed by atoms with Crippen molar-refractivity contribution in [3.8, 4) is 5.75 Å². The van der Waals surface area contributed by atoms with E-state index in [1.807, 2.05) is 18.2 Å². The molecule has 2 N–H and O–H groups in total. The zero-order chi connectivity index (χ0) is 13.9. The number of thiophene rings is 1. The zero-order valence-corrected chi connectivity index (χ0v) is 12.2. The van der Waals surface area contributed by atoms with Crippen LogP contribution in [0, 0.1) is 6.92 Å². The first-order valence-electron chi connectivity index (χ1n) is 6.67. The van der Waals surface area contributed by atoms with Crippen LogP contribution in [0.2, 0.25) is 0 Å². The maximum absolute atomic E-state index is 5.91. The van der Waals surface area contributed by atoms with E-state index in [1.165, 1.54) is 20.5 Å². The van der Waals surface area contributed by atoms with Gasteiger partial charge >= 0.3 is 0 Å². The van der Waals surface area contributed by atoms with Crippen molar-refractivity contribution < 1.29 is 4.74 Å². The molecule has 0 unspecified atom stereocenters. The van der Waals surface area contributed by atoms with Crippen molar-refractivity contribution in [1.82, 2.24) is 0 Å².